The van der Waals surface area contributed by atoms with Crippen LogP contribution in [-0.2, 0) is 14.3 Å². The van der Waals surface area contributed by atoms with Crippen LogP contribution in [0.15, 0.2) is 85.1 Å². The molecule has 4 nitrogen and oxygen atoms in total. The van der Waals surface area contributed by atoms with Crippen molar-refractivity contribution < 1.29 is 19.4 Å². The zero-order valence-electron chi connectivity index (χ0n) is 34.8. The molecule has 0 amide bonds. The lowest BCUT2D eigenvalue weighted by Crippen LogP contribution is -2.27. The first-order valence-electron chi connectivity index (χ1n) is 22.2. The Hall–Kier alpha value is -2.43. The standard InChI is InChI=1S/C49H84O4/c1-3-5-7-9-11-13-15-17-19-20-21-22-23-24-25-26-27-28-29-31-33-35-37-39-41-43-45-52-47-48(46-50)53-49(51)44-42-40-38-36-34-32-30-18-16-14-12-10-8-6-4-2/h5,7,11,13,17-19,21-22,24-25,27-28,30,48,50H,3-4,6,8-10,12,14-16,20,23,26,29,31-47H2,1-2H3/b7-5-,13-11-,19-17-,22-21-,25-24-,28-27-,30-18-. The van der Waals surface area contributed by atoms with E-state index in [1.807, 2.05) is 0 Å². The molecule has 4 heteroatoms. The van der Waals surface area contributed by atoms with Gasteiger partial charge in [-0.25, -0.2) is 0 Å². The lowest BCUT2D eigenvalue weighted by Gasteiger charge is -2.15. The Bertz CT molecular complexity index is 954. The molecule has 1 N–H and O–H groups in total. The molecule has 1 atom stereocenters. The molecule has 304 valence electrons. The molecule has 53 heavy (non-hydrogen) atoms. The molecule has 0 aliphatic carbocycles. The maximum atomic E-state index is 12.2. The third-order valence-electron chi connectivity index (χ3n) is 9.20. The van der Waals surface area contributed by atoms with Gasteiger partial charge in [0.1, 0.15) is 6.10 Å². The van der Waals surface area contributed by atoms with Gasteiger partial charge in [0.25, 0.3) is 0 Å². The predicted molar refractivity (Wildman–Crippen MR) is 232 cm³/mol. The normalized spacial score (nSPS) is 13.2. The highest BCUT2D eigenvalue weighted by atomic mass is 16.6. The third-order valence-corrected chi connectivity index (χ3v) is 9.20. The van der Waals surface area contributed by atoms with E-state index in [9.17, 15) is 9.90 Å². The van der Waals surface area contributed by atoms with Crippen molar-refractivity contribution in [1.29, 1.82) is 0 Å². The highest BCUT2D eigenvalue weighted by Gasteiger charge is 2.13. The van der Waals surface area contributed by atoms with Crippen LogP contribution < -0.4 is 0 Å². The van der Waals surface area contributed by atoms with Gasteiger partial charge >= 0.3 is 5.97 Å². The van der Waals surface area contributed by atoms with Gasteiger partial charge in [-0.15, -0.1) is 0 Å². The van der Waals surface area contributed by atoms with Crippen LogP contribution in [-0.4, -0.2) is 37.0 Å². The number of carbonyl (C=O) groups excluding carboxylic acids is 1. The van der Waals surface area contributed by atoms with Gasteiger partial charge in [-0.05, 0) is 89.9 Å². The van der Waals surface area contributed by atoms with Crippen molar-refractivity contribution in [3.8, 4) is 0 Å². The molecule has 0 saturated heterocycles. The number of carbonyl (C=O) groups is 1. The molecule has 0 rings (SSSR count). The second-order valence-corrected chi connectivity index (χ2v) is 14.4. The summed E-state index contributed by atoms with van der Waals surface area (Å²) in [7, 11) is 0. The lowest BCUT2D eigenvalue weighted by atomic mass is 10.1. The fraction of sp³-hybridized carbons (Fsp3) is 0.694. The van der Waals surface area contributed by atoms with Gasteiger partial charge in [-0.3, -0.25) is 4.79 Å². The van der Waals surface area contributed by atoms with Gasteiger partial charge in [0.15, 0.2) is 0 Å². The minimum atomic E-state index is -0.549. The number of hydrogen-bond donors (Lipinski definition) is 1. The van der Waals surface area contributed by atoms with Crippen molar-refractivity contribution in [3.05, 3.63) is 85.1 Å². The van der Waals surface area contributed by atoms with Crippen LogP contribution in [0.4, 0.5) is 0 Å². The molecule has 0 bridgehead atoms. The van der Waals surface area contributed by atoms with Crippen molar-refractivity contribution >= 4 is 5.97 Å². The van der Waals surface area contributed by atoms with Gasteiger partial charge in [0.05, 0.1) is 13.2 Å². The SMILES string of the molecule is CC/C=C\C/C=C\C/C=C\C/C=C\C/C=C\C/C=C\CCCCCCCCCOCC(CO)OC(=O)CCCCCCC/C=C\CCCCCCCC. The molecule has 0 saturated carbocycles. The molecule has 0 aromatic rings. The molecule has 0 radical (unpaired) electrons. The van der Waals surface area contributed by atoms with Gasteiger partial charge in [-0.2, -0.15) is 0 Å². The quantitative estimate of drug-likeness (QED) is 0.0387. The van der Waals surface area contributed by atoms with Crippen molar-refractivity contribution in [2.24, 2.45) is 0 Å². The number of hydrogen-bond acceptors (Lipinski definition) is 4. The number of unbranched alkanes of at least 4 members (excludes halogenated alkanes) is 18. The topological polar surface area (TPSA) is 55.8 Å². The summed E-state index contributed by atoms with van der Waals surface area (Å²) in [5.41, 5.74) is 0. The van der Waals surface area contributed by atoms with E-state index in [-0.39, 0.29) is 19.2 Å². The lowest BCUT2D eigenvalue weighted by molar-refractivity contribution is -0.154. The van der Waals surface area contributed by atoms with Gasteiger partial charge in [0.2, 0.25) is 0 Å². The van der Waals surface area contributed by atoms with Crippen molar-refractivity contribution in [1.82, 2.24) is 0 Å². The van der Waals surface area contributed by atoms with Crippen molar-refractivity contribution in [2.45, 2.75) is 200 Å². The third kappa shape index (κ3) is 43.9. The molecule has 1 unspecified atom stereocenters. The Morgan fingerprint density at radius 1 is 0.472 bits per heavy atom. The number of esters is 1. The van der Waals surface area contributed by atoms with E-state index < -0.39 is 6.10 Å². The van der Waals surface area contributed by atoms with Crippen LogP contribution in [0.2, 0.25) is 0 Å². The largest absolute Gasteiger partial charge is 0.457 e. The van der Waals surface area contributed by atoms with E-state index in [1.54, 1.807) is 0 Å². The molecule has 0 aromatic heterocycles. The average Bonchev–Trinajstić information content (AvgIpc) is 3.16. The van der Waals surface area contributed by atoms with E-state index in [2.05, 4.69) is 98.9 Å². The van der Waals surface area contributed by atoms with E-state index >= 15 is 0 Å². The van der Waals surface area contributed by atoms with Gasteiger partial charge < -0.3 is 14.6 Å². The zero-order chi connectivity index (χ0) is 38.4. The minimum absolute atomic E-state index is 0.184. The summed E-state index contributed by atoms with van der Waals surface area (Å²) in [5, 5.41) is 9.60. The number of allylic oxidation sites excluding steroid dienone is 14. The number of ether oxygens (including phenoxy) is 2. The second kappa shape index (κ2) is 45.7. The minimum Gasteiger partial charge on any atom is -0.457 e. The highest BCUT2D eigenvalue weighted by molar-refractivity contribution is 5.69. The summed E-state index contributed by atoms with van der Waals surface area (Å²) in [4.78, 5) is 12.2. The first kappa shape index (κ1) is 50.6. The zero-order valence-corrected chi connectivity index (χ0v) is 34.8. The maximum Gasteiger partial charge on any atom is 0.306 e. The summed E-state index contributed by atoms with van der Waals surface area (Å²) < 4.78 is 11.2. The average molecular weight is 737 g/mol. The van der Waals surface area contributed by atoms with Crippen LogP contribution in [0.1, 0.15) is 194 Å². The molecule has 0 aromatic carbocycles. The molecule has 0 aliphatic heterocycles. The molecular formula is C49H84O4. The van der Waals surface area contributed by atoms with Crippen LogP contribution in [0, 0.1) is 0 Å². The van der Waals surface area contributed by atoms with Crippen LogP contribution in [0.3, 0.4) is 0 Å². The van der Waals surface area contributed by atoms with Crippen molar-refractivity contribution in [2.75, 3.05) is 19.8 Å². The first-order chi connectivity index (χ1) is 26.2. The van der Waals surface area contributed by atoms with Gasteiger partial charge in [-0.1, -0.05) is 182 Å². The van der Waals surface area contributed by atoms with Crippen LogP contribution in [0.5, 0.6) is 0 Å². The fourth-order valence-corrected chi connectivity index (χ4v) is 5.91. The smallest absolute Gasteiger partial charge is 0.306 e. The summed E-state index contributed by atoms with van der Waals surface area (Å²) in [5.74, 6) is -0.217. The Balaban J connectivity index is 3.51. The summed E-state index contributed by atoms with van der Waals surface area (Å²) >= 11 is 0. The molecule has 0 fully saturated rings. The Labute approximate surface area is 329 Å². The monoisotopic (exact) mass is 737 g/mol. The molecular weight excluding hydrogens is 653 g/mol. The van der Waals surface area contributed by atoms with E-state index in [0.717, 1.165) is 70.6 Å². The van der Waals surface area contributed by atoms with E-state index in [4.69, 9.17) is 9.47 Å². The highest BCUT2D eigenvalue weighted by Crippen LogP contribution is 2.12. The summed E-state index contributed by atoms with van der Waals surface area (Å²) in [6.07, 6.45) is 63.6. The Morgan fingerprint density at radius 2 is 0.849 bits per heavy atom. The Morgan fingerprint density at radius 3 is 1.30 bits per heavy atom. The first-order valence-corrected chi connectivity index (χ1v) is 22.2. The predicted octanol–water partition coefficient (Wildman–Crippen LogP) is 14.8. The van der Waals surface area contributed by atoms with Gasteiger partial charge in [0, 0.05) is 13.0 Å². The molecule has 0 heterocycles. The fourth-order valence-electron chi connectivity index (χ4n) is 5.91. The number of rotatable bonds is 40. The maximum absolute atomic E-state index is 12.2. The van der Waals surface area contributed by atoms with E-state index in [0.29, 0.717) is 13.0 Å². The second-order valence-electron chi connectivity index (χ2n) is 14.4. The van der Waals surface area contributed by atoms with Crippen LogP contribution in [0.25, 0.3) is 0 Å². The summed E-state index contributed by atoms with van der Waals surface area (Å²) in [6, 6.07) is 0. The number of aliphatic hydroxyl groups excluding tert-OH is 1. The molecule has 0 spiro atoms. The molecule has 0 aliphatic rings. The number of aliphatic hydroxyl groups is 1. The Kier molecular flexibility index (Phi) is 43.6. The van der Waals surface area contributed by atoms with E-state index in [1.165, 1.54) is 103 Å². The summed E-state index contributed by atoms with van der Waals surface area (Å²) in [6.45, 7) is 5.19. The van der Waals surface area contributed by atoms with Crippen LogP contribution >= 0.6 is 0 Å². The van der Waals surface area contributed by atoms with Crippen molar-refractivity contribution in [3.63, 3.8) is 0 Å².